The average Bonchev–Trinajstić information content (AvgIpc) is 2.98. The van der Waals surface area contributed by atoms with Gasteiger partial charge in [-0.1, -0.05) is 29.8 Å². The highest BCUT2D eigenvalue weighted by atomic mass is 19.1. The number of piperidine rings is 1. The van der Waals surface area contributed by atoms with Crippen LogP contribution in [-0.2, 0) is 6.54 Å². The number of halogens is 1. The molecule has 2 aliphatic rings. The van der Waals surface area contributed by atoms with E-state index in [1.807, 2.05) is 0 Å². The quantitative estimate of drug-likeness (QED) is 0.859. The van der Waals surface area contributed by atoms with Gasteiger partial charge in [-0.3, -0.25) is 4.90 Å². The summed E-state index contributed by atoms with van der Waals surface area (Å²) in [6, 6.07) is 12.4. The summed E-state index contributed by atoms with van der Waals surface area (Å²) >= 11 is 0. The Morgan fingerprint density at radius 2 is 2.04 bits per heavy atom. The number of pyridine rings is 1. The van der Waals surface area contributed by atoms with Crippen molar-refractivity contribution in [2.24, 2.45) is 5.92 Å². The lowest BCUT2D eigenvalue weighted by Crippen LogP contribution is -2.48. The highest BCUT2D eigenvalue weighted by Gasteiger charge is 2.38. The van der Waals surface area contributed by atoms with Crippen molar-refractivity contribution in [3.8, 4) is 0 Å². The standard InChI is InChI=1S/C20H24FN3/c1-15-4-2-5-16(12-15)13-23-10-7-17-8-11-24(14-19(17)23)20-18(21)6-3-9-22-20/h2-6,9,12,17,19H,7-8,10-11,13-14H2,1H3. The second kappa shape index (κ2) is 6.52. The van der Waals surface area contributed by atoms with Crippen molar-refractivity contribution in [1.29, 1.82) is 0 Å². The molecular formula is C20H24FN3. The van der Waals surface area contributed by atoms with Crippen molar-refractivity contribution in [2.45, 2.75) is 32.4 Å². The number of fused-ring (bicyclic) bond motifs is 1. The summed E-state index contributed by atoms with van der Waals surface area (Å²) in [5, 5.41) is 0. The summed E-state index contributed by atoms with van der Waals surface area (Å²) in [4.78, 5) is 8.98. The van der Waals surface area contributed by atoms with Gasteiger partial charge in [0.1, 0.15) is 0 Å². The van der Waals surface area contributed by atoms with E-state index in [1.54, 1.807) is 12.3 Å². The highest BCUT2D eigenvalue weighted by molar-refractivity contribution is 5.40. The highest BCUT2D eigenvalue weighted by Crippen LogP contribution is 2.34. The normalized spacial score (nSPS) is 24.2. The zero-order valence-electron chi connectivity index (χ0n) is 14.2. The van der Waals surface area contributed by atoms with E-state index in [2.05, 4.69) is 46.0 Å². The molecule has 0 N–H and O–H groups in total. The van der Waals surface area contributed by atoms with Crippen LogP contribution in [0.1, 0.15) is 24.0 Å². The molecular weight excluding hydrogens is 301 g/mol. The van der Waals surface area contributed by atoms with E-state index in [0.29, 0.717) is 11.9 Å². The van der Waals surface area contributed by atoms with Gasteiger partial charge >= 0.3 is 0 Å². The molecule has 0 spiro atoms. The number of anilines is 1. The third-order valence-corrected chi connectivity index (χ3v) is 5.48. The Labute approximate surface area is 143 Å². The van der Waals surface area contributed by atoms with E-state index in [4.69, 9.17) is 0 Å². The predicted molar refractivity (Wildman–Crippen MR) is 94.5 cm³/mol. The van der Waals surface area contributed by atoms with Crippen molar-refractivity contribution < 1.29 is 4.39 Å². The summed E-state index contributed by atoms with van der Waals surface area (Å²) in [6.07, 6.45) is 4.07. The number of rotatable bonds is 3. The van der Waals surface area contributed by atoms with E-state index in [-0.39, 0.29) is 5.82 Å². The molecule has 4 rings (SSSR count). The summed E-state index contributed by atoms with van der Waals surface area (Å²) < 4.78 is 14.1. The van der Waals surface area contributed by atoms with Gasteiger partial charge in [0.25, 0.3) is 0 Å². The van der Waals surface area contributed by atoms with Crippen molar-refractivity contribution in [2.75, 3.05) is 24.5 Å². The Morgan fingerprint density at radius 1 is 1.17 bits per heavy atom. The van der Waals surface area contributed by atoms with Gasteiger partial charge in [0.2, 0.25) is 0 Å². The topological polar surface area (TPSA) is 19.4 Å². The number of aromatic nitrogens is 1. The zero-order valence-corrected chi connectivity index (χ0v) is 14.2. The maximum Gasteiger partial charge on any atom is 0.165 e. The third-order valence-electron chi connectivity index (χ3n) is 5.48. The van der Waals surface area contributed by atoms with Gasteiger partial charge in [0, 0.05) is 31.9 Å². The lowest BCUT2D eigenvalue weighted by atomic mass is 9.92. The molecule has 1 aromatic heterocycles. The fraction of sp³-hybridized carbons (Fsp3) is 0.450. The first kappa shape index (κ1) is 15.6. The molecule has 4 heteroatoms. The minimum atomic E-state index is -0.209. The van der Waals surface area contributed by atoms with Crippen LogP contribution in [-0.4, -0.2) is 35.6 Å². The number of benzene rings is 1. The van der Waals surface area contributed by atoms with Crippen LogP contribution < -0.4 is 4.90 Å². The second-order valence-corrected chi connectivity index (χ2v) is 7.12. The van der Waals surface area contributed by atoms with Crippen LogP contribution in [0.2, 0.25) is 0 Å². The molecule has 2 aliphatic heterocycles. The second-order valence-electron chi connectivity index (χ2n) is 7.12. The van der Waals surface area contributed by atoms with Gasteiger partial charge in [-0.05, 0) is 49.9 Å². The molecule has 2 saturated heterocycles. The Bertz CT molecular complexity index is 718. The predicted octanol–water partition coefficient (Wildman–Crippen LogP) is 3.63. The number of likely N-dealkylation sites (tertiary alicyclic amines) is 1. The molecule has 24 heavy (non-hydrogen) atoms. The van der Waals surface area contributed by atoms with Crippen molar-refractivity contribution in [1.82, 2.24) is 9.88 Å². The molecule has 0 aliphatic carbocycles. The Hall–Kier alpha value is -1.94. The molecule has 0 bridgehead atoms. The van der Waals surface area contributed by atoms with Crippen LogP contribution in [0.3, 0.4) is 0 Å². The van der Waals surface area contributed by atoms with Crippen LogP contribution in [0.4, 0.5) is 10.2 Å². The van der Waals surface area contributed by atoms with Gasteiger partial charge in [-0.2, -0.15) is 0 Å². The first-order chi connectivity index (χ1) is 11.7. The lowest BCUT2D eigenvalue weighted by molar-refractivity contribution is 0.200. The maximum absolute atomic E-state index is 14.1. The number of hydrogen-bond donors (Lipinski definition) is 0. The minimum absolute atomic E-state index is 0.209. The Morgan fingerprint density at radius 3 is 2.88 bits per heavy atom. The summed E-state index contributed by atoms with van der Waals surface area (Å²) in [7, 11) is 0. The summed E-state index contributed by atoms with van der Waals surface area (Å²) in [5.74, 6) is 1.04. The van der Waals surface area contributed by atoms with E-state index in [1.165, 1.54) is 23.6 Å². The fourth-order valence-corrected chi connectivity index (χ4v) is 4.27. The van der Waals surface area contributed by atoms with Crippen molar-refractivity contribution >= 4 is 5.82 Å². The van der Waals surface area contributed by atoms with Crippen molar-refractivity contribution in [3.63, 3.8) is 0 Å². The van der Waals surface area contributed by atoms with Crippen LogP contribution >= 0.6 is 0 Å². The maximum atomic E-state index is 14.1. The Balaban J connectivity index is 1.50. The molecule has 1 aromatic carbocycles. The number of nitrogens with zero attached hydrogens (tertiary/aromatic N) is 3. The average molecular weight is 325 g/mol. The molecule has 0 radical (unpaired) electrons. The largest absolute Gasteiger partial charge is 0.353 e. The summed E-state index contributed by atoms with van der Waals surface area (Å²) in [6.45, 7) is 6.06. The summed E-state index contributed by atoms with van der Waals surface area (Å²) in [5.41, 5.74) is 2.68. The SMILES string of the molecule is Cc1cccc(CN2CCC3CCN(c4ncccc4F)CC32)c1. The molecule has 3 nitrogen and oxygen atoms in total. The molecule has 126 valence electrons. The lowest BCUT2D eigenvalue weighted by Gasteiger charge is -2.39. The first-order valence-electron chi connectivity index (χ1n) is 8.86. The minimum Gasteiger partial charge on any atom is -0.353 e. The van der Waals surface area contributed by atoms with Gasteiger partial charge in [-0.25, -0.2) is 9.37 Å². The van der Waals surface area contributed by atoms with Crippen LogP contribution in [0, 0.1) is 18.7 Å². The molecule has 2 fully saturated rings. The molecule has 2 unspecified atom stereocenters. The third kappa shape index (κ3) is 3.03. The van der Waals surface area contributed by atoms with E-state index < -0.39 is 0 Å². The monoisotopic (exact) mass is 325 g/mol. The van der Waals surface area contributed by atoms with Crippen LogP contribution in [0.5, 0.6) is 0 Å². The van der Waals surface area contributed by atoms with Crippen molar-refractivity contribution in [3.05, 3.63) is 59.5 Å². The van der Waals surface area contributed by atoms with E-state index in [0.717, 1.165) is 38.5 Å². The van der Waals surface area contributed by atoms with Crippen LogP contribution in [0.25, 0.3) is 0 Å². The number of aryl methyl sites for hydroxylation is 1. The smallest absolute Gasteiger partial charge is 0.165 e. The van der Waals surface area contributed by atoms with E-state index in [9.17, 15) is 4.39 Å². The van der Waals surface area contributed by atoms with E-state index >= 15 is 0 Å². The molecule has 3 heterocycles. The van der Waals surface area contributed by atoms with Gasteiger partial charge in [0.15, 0.2) is 11.6 Å². The van der Waals surface area contributed by atoms with Gasteiger partial charge in [-0.15, -0.1) is 0 Å². The fourth-order valence-electron chi connectivity index (χ4n) is 4.27. The number of hydrogen-bond acceptors (Lipinski definition) is 3. The molecule has 0 saturated carbocycles. The van der Waals surface area contributed by atoms with Gasteiger partial charge in [0.05, 0.1) is 0 Å². The van der Waals surface area contributed by atoms with Gasteiger partial charge < -0.3 is 4.90 Å². The Kier molecular flexibility index (Phi) is 4.23. The first-order valence-corrected chi connectivity index (χ1v) is 8.86. The molecule has 2 aromatic rings. The molecule has 2 atom stereocenters. The zero-order chi connectivity index (χ0) is 16.5. The molecule has 0 amide bonds. The van der Waals surface area contributed by atoms with Crippen LogP contribution in [0.15, 0.2) is 42.6 Å².